The predicted molar refractivity (Wildman–Crippen MR) is 95.5 cm³/mol. The summed E-state index contributed by atoms with van der Waals surface area (Å²) in [5.41, 5.74) is 1.52. The Hall–Kier alpha value is -2.53. The van der Waals surface area contributed by atoms with Crippen LogP contribution in [0.15, 0.2) is 54.6 Å². The molecular weight excluding hydrogens is 326 g/mol. The van der Waals surface area contributed by atoms with Crippen LogP contribution in [0.1, 0.15) is 6.42 Å². The molecule has 0 bridgehead atoms. The van der Waals surface area contributed by atoms with Gasteiger partial charge in [-0.25, -0.2) is 4.79 Å². The molecule has 1 fully saturated rings. The molecule has 1 aliphatic heterocycles. The summed E-state index contributed by atoms with van der Waals surface area (Å²) >= 11 is 5.84. The van der Waals surface area contributed by atoms with Crippen LogP contribution in [0.2, 0.25) is 5.02 Å². The Morgan fingerprint density at radius 1 is 1.00 bits per heavy atom. The van der Waals surface area contributed by atoms with Gasteiger partial charge in [0.05, 0.1) is 0 Å². The molecule has 0 aromatic heterocycles. The molecule has 6 heteroatoms. The Balaban J connectivity index is 1.66. The van der Waals surface area contributed by atoms with Gasteiger partial charge in [-0.1, -0.05) is 29.8 Å². The van der Waals surface area contributed by atoms with Gasteiger partial charge in [-0.05, 0) is 42.8 Å². The molecule has 3 rings (SSSR count). The first-order chi connectivity index (χ1) is 11.6. The van der Waals surface area contributed by atoms with Gasteiger partial charge in [0.2, 0.25) is 5.91 Å². The number of anilines is 2. The molecule has 2 aromatic rings. The number of hydrogen-bond donors (Lipinski definition) is 1. The van der Waals surface area contributed by atoms with Gasteiger partial charge in [0.15, 0.2) is 0 Å². The minimum atomic E-state index is -0.277. The van der Waals surface area contributed by atoms with Crippen LogP contribution in [-0.4, -0.2) is 36.5 Å². The molecule has 0 spiro atoms. The van der Waals surface area contributed by atoms with Crippen molar-refractivity contribution in [2.75, 3.05) is 29.9 Å². The van der Waals surface area contributed by atoms with Gasteiger partial charge in [-0.2, -0.15) is 0 Å². The average molecular weight is 344 g/mol. The SMILES string of the molecule is O=C(Nc1ccc(Cl)cc1)N1CCCN(c2ccccc2)C(=O)C1. The van der Waals surface area contributed by atoms with Gasteiger partial charge in [0.25, 0.3) is 0 Å². The second-order valence-corrected chi connectivity index (χ2v) is 6.03. The number of benzene rings is 2. The van der Waals surface area contributed by atoms with Crippen LogP contribution >= 0.6 is 11.6 Å². The molecule has 0 unspecified atom stereocenters. The minimum Gasteiger partial charge on any atom is -0.315 e. The largest absolute Gasteiger partial charge is 0.322 e. The minimum absolute atomic E-state index is 0.0638. The molecule has 24 heavy (non-hydrogen) atoms. The molecule has 0 atom stereocenters. The Bertz CT molecular complexity index is 719. The number of nitrogens with one attached hydrogen (secondary N) is 1. The molecule has 2 aromatic carbocycles. The molecule has 0 saturated carbocycles. The summed E-state index contributed by atoms with van der Waals surface area (Å²) < 4.78 is 0. The van der Waals surface area contributed by atoms with E-state index >= 15 is 0 Å². The van der Waals surface area contributed by atoms with Crippen LogP contribution < -0.4 is 10.2 Å². The van der Waals surface area contributed by atoms with Crippen LogP contribution in [0, 0.1) is 0 Å². The van der Waals surface area contributed by atoms with Gasteiger partial charge in [0, 0.05) is 29.5 Å². The van der Waals surface area contributed by atoms with Crippen molar-refractivity contribution >= 4 is 34.9 Å². The maximum absolute atomic E-state index is 12.5. The number of hydrogen-bond acceptors (Lipinski definition) is 2. The van der Waals surface area contributed by atoms with Crippen LogP contribution in [0.5, 0.6) is 0 Å². The van der Waals surface area contributed by atoms with Gasteiger partial charge in [-0.15, -0.1) is 0 Å². The van der Waals surface area contributed by atoms with Crippen LogP contribution in [0.25, 0.3) is 0 Å². The van der Waals surface area contributed by atoms with E-state index in [9.17, 15) is 9.59 Å². The maximum Gasteiger partial charge on any atom is 0.322 e. The first-order valence-electron chi connectivity index (χ1n) is 7.80. The normalized spacial score (nSPS) is 15.1. The van der Waals surface area contributed by atoms with Gasteiger partial charge >= 0.3 is 6.03 Å². The fraction of sp³-hybridized carbons (Fsp3) is 0.222. The third-order valence-electron chi connectivity index (χ3n) is 3.89. The number of rotatable bonds is 2. The molecule has 1 aliphatic rings. The van der Waals surface area contributed by atoms with Crippen LogP contribution in [0.4, 0.5) is 16.2 Å². The number of carbonyl (C=O) groups excluding carboxylic acids is 2. The van der Waals surface area contributed by atoms with Crippen molar-refractivity contribution < 1.29 is 9.59 Å². The monoisotopic (exact) mass is 343 g/mol. The van der Waals surface area contributed by atoms with E-state index in [1.807, 2.05) is 30.3 Å². The third kappa shape index (κ3) is 3.86. The zero-order chi connectivity index (χ0) is 16.9. The number of nitrogens with zero attached hydrogens (tertiary/aromatic N) is 2. The highest BCUT2D eigenvalue weighted by Crippen LogP contribution is 2.18. The highest BCUT2D eigenvalue weighted by molar-refractivity contribution is 6.30. The van der Waals surface area contributed by atoms with E-state index in [0.29, 0.717) is 23.8 Å². The lowest BCUT2D eigenvalue weighted by molar-refractivity contribution is -0.118. The van der Waals surface area contributed by atoms with Crippen molar-refractivity contribution in [1.29, 1.82) is 0 Å². The molecule has 3 amide bonds. The van der Waals surface area contributed by atoms with E-state index < -0.39 is 0 Å². The zero-order valence-corrected chi connectivity index (χ0v) is 13.9. The van der Waals surface area contributed by atoms with Crippen molar-refractivity contribution in [3.05, 3.63) is 59.6 Å². The summed E-state index contributed by atoms with van der Waals surface area (Å²) in [7, 11) is 0. The third-order valence-corrected chi connectivity index (χ3v) is 4.14. The van der Waals surface area contributed by atoms with Crippen molar-refractivity contribution in [2.24, 2.45) is 0 Å². The smallest absolute Gasteiger partial charge is 0.315 e. The number of amides is 3. The Morgan fingerprint density at radius 3 is 2.42 bits per heavy atom. The molecule has 0 aliphatic carbocycles. The van der Waals surface area contributed by atoms with Crippen molar-refractivity contribution in [3.8, 4) is 0 Å². The molecule has 5 nitrogen and oxygen atoms in total. The van der Waals surface area contributed by atoms with E-state index in [1.165, 1.54) is 0 Å². The lowest BCUT2D eigenvalue weighted by Crippen LogP contribution is -2.41. The Labute approximate surface area is 145 Å². The fourth-order valence-electron chi connectivity index (χ4n) is 2.66. The standard InChI is InChI=1S/C18H18ClN3O2/c19-14-7-9-15(10-8-14)20-18(24)21-11-4-12-22(17(23)13-21)16-5-2-1-3-6-16/h1-3,5-10H,4,11-13H2,(H,20,24). The summed E-state index contributed by atoms with van der Waals surface area (Å²) in [6.07, 6.45) is 0.731. The molecule has 1 heterocycles. The first kappa shape index (κ1) is 16.3. The number of urea groups is 1. The van der Waals surface area contributed by atoms with E-state index in [1.54, 1.807) is 34.1 Å². The summed E-state index contributed by atoms with van der Waals surface area (Å²) in [6.45, 7) is 1.20. The number of halogens is 1. The second-order valence-electron chi connectivity index (χ2n) is 5.59. The highest BCUT2D eigenvalue weighted by Gasteiger charge is 2.25. The number of carbonyl (C=O) groups is 2. The molecule has 1 saturated heterocycles. The first-order valence-corrected chi connectivity index (χ1v) is 8.18. The van der Waals surface area contributed by atoms with Crippen LogP contribution in [-0.2, 0) is 4.79 Å². The van der Waals surface area contributed by atoms with Crippen molar-refractivity contribution in [1.82, 2.24) is 4.90 Å². The lowest BCUT2D eigenvalue weighted by atomic mass is 10.2. The summed E-state index contributed by atoms with van der Waals surface area (Å²) in [5, 5.41) is 3.41. The molecule has 124 valence electrons. The maximum atomic E-state index is 12.5. The summed E-state index contributed by atoms with van der Waals surface area (Å²) in [4.78, 5) is 28.2. The highest BCUT2D eigenvalue weighted by atomic mass is 35.5. The Morgan fingerprint density at radius 2 is 1.71 bits per heavy atom. The molecule has 0 radical (unpaired) electrons. The van der Waals surface area contributed by atoms with Crippen LogP contribution in [0.3, 0.4) is 0 Å². The lowest BCUT2D eigenvalue weighted by Gasteiger charge is -2.22. The molecule has 1 N–H and O–H groups in total. The van der Waals surface area contributed by atoms with E-state index in [0.717, 1.165) is 12.1 Å². The van der Waals surface area contributed by atoms with E-state index in [4.69, 9.17) is 11.6 Å². The van der Waals surface area contributed by atoms with Gasteiger partial charge in [0.1, 0.15) is 6.54 Å². The predicted octanol–water partition coefficient (Wildman–Crippen LogP) is 3.61. The van der Waals surface area contributed by atoms with Gasteiger partial charge < -0.3 is 15.1 Å². The number of para-hydroxylation sites is 1. The fourth-order valence-corrected chi connectivity index (χ4v) is 2.79. The van der Waals surface area contributed by atoms with Crippen molar-refractivity contribution in [3.63, 3.8) is 0 Å². The summed E-state index contributed by atoms with van der Waals surface area (Å²) in [5.74, 6) is -0.0787. The van der Waals surface area contributed by atoms with E-state index in [-0.39, 0.29) is 18.5 Å². The zero-order valence-electron chi connectivity index (χ0n) is 13.1. The van der Waals surface area contributed by atoms with E-state index in [2.05, 4.69) is 5.32 Å². The Kier molecular flexibility index (Phi) is 5.01. The second kappa shape index (κ2) is 7.36. The average Bonchev–Trinajstić information content (AvgIpc) is 2.79. The molecular formula is C18H18ClN3O2. The van der Waals surface area contributed by atoms with Gasteiger partial charge in [-0.3, -0.25) is 4.79 Å². The topological polar surface area (TPSA) is 52.7 Å². The van der Waals surface area contributed by atoms with Crippen molar-refractivity contribution in [2.45, 2.75) is 6.42 Å². The quantitative estimate of drug-likeness (QED) is 0.905. The summed E-state index contributed by atoms with van der Waals surface area (Å²) in [6, 6.07) is 16.1.